The first-order valence-corrected chi connectivity index (χ1v) is 11.8. The molecule has 1 heterocycles. The van der Waals surface area contributed by atoms with Crippen LogP contribution in [0.2, 0.25) is 5.02 Å². The number of hydrogen-bond donors (Lipinski definition) is 1. The van der Waals surface area contributed by atoms with Crippen LogP contribution in [0, 0.1) is 12.7 Å². The van der Waals surface area contributed by atoms with Crippen LogP contribution in [0.5, 0.6) is 0 Å². The van der Waals surface area contributed by atoms with Gasteiger partial charge in [0.25, 0.3) is 0 Å². The van der Waals surface area contributed by atoms with Crippen LogP contribution in [-0.2, 0) is 16.1 Å². The van der Waals surface area contributed by atoms with Crippen molar-refractivity contribution in [3.05, 3.63) is 83.1 Å². The Labute approximate surface area is 205 Å². The Balaban J connectivity index is 1.51. The molecule has 0 aliphatic rings. The van der Waals surface area contributed by atoms with E-state index in [4.69, 9.17) is 11.6 Å². The Hall–Kier alpha value is -3.36. The molecule has 0 fully saturated rings. The number of anilines is 2. The Morgan fingerprint density at radius 3 is 2.62 bits per heavy atom. The molecular formula is C25H22ClFN4O2S. The number of carbonyl (C=O) groups excluding carboxylic acids is 2. The molecule has 4 aromatic rings. The number of hydrogen-bond acceptors (Lipinski definition) is 4. The van der Waals surface area contributed by atoms with Crippen LogP contribution in [0.1, 0.15) is 5.56 Å². The van der Waals surface area contributed by atoms with Crippen molar-refractivity contribution in [2.45, 2.75) is 18.6 Å². The summed E-state index contributed by atoms with van der Waals surface area (Å²) in [7, 11) is 1.64. The molecule has 0 atom stereocenters. The molecule has 0 saturated carbocycles. The molecule has 2 amide bonds. The first-order chi connectivity index (χ1) is 16.3. The van der Waals surface area contributed by atoms with Crippen molar-refractivity contribution in [3.63, 3.8) is 0 Å². The van der Waals surface area contributed by atoms with Crippen molar-refractivity contribution in [2.75, 3.05) is 23.0 Å². The maximum atomic E-state index is 13.2. The Morgan fingerprint density at radius 2 is 1.85 bits per heavy atom. The van der Waals surface area contributed by atoms with Crippen molar-refractivity contribution in [2.24, 2.45) is 0 Å². The van der Waals surface area contributed by atoms with Gasteiger partial charge in [0.05, 0.1) is 16.8 Å². The number of rotatable bonds is 7. The molecule has 0 aliphatic heterocycles. The van der Waals surface area contributed by atoms with E-state index in [-0.39, 0.29) is 29.9 Å². The lowest BCUT2D eigenvalue weighted by atomic mass is 10.2. The SMILES string of the molecule is Cc1ccc(Cl)cc1NC(=O)Cn1c(SCC(=O)N(C)c2ccc(F)cc2)nc2ccccc21. The minimum atomic E-state index is -0.362. The van der Waals surface area contributed by atoms with Crippen molar-refractivity contribution in [1.29, 1.82) is 0 Å². The van der Waals surface area contributed by atoms with E-state index in [1.807, 2.05) is 37.3 Å². The largest absolute Gasteiger partial charge is 0.324 e. The highest BCUT2D eigenvalue weighted by Crippen LogP contribution is 2.26. The topological polar surface area (TPSA) is 67.2 Å². The first-order valence-electron chi connectivity index (χ1n) is 10.5. The van der Waals surface area contributed by atoms with Crippen LogP contribution in [0.15, 0.2) is 71.9 Å². The summed E-state index contributed by atoms with van der Waals surface area (Å²) < 4.78 is 15.0. The third-order valence-electron chi connectivity index (χ3n) is 5.31. The lowest BCUT2D eigenvalue weighted by molar-refractivity contribution is -0.117. The smallest absolute Gasteiger partial charge is 0.244 e. The Morgan fingerprint density at radius 1 is 1.12 bits per heavy atom. The number of carbonyl (C=O) groups is 2. The Bertz CT molecular complexity index is 1360. The maximum Gasteiger partial charge on any atom is 0.244 e. The highest BCUT2D eigenvalue weighted by Gasteiger charge is 2.18. The fraction of sp³-hybridized carbons (Fsp3) is 0.160. The van der Waals surface area contributed by atoms with Gasteiger partial charge in [0.1, 0.15) is 12.4 Å². The summed E-state index contributed by atoms with van der Waals surface area (Å²) in [5, 5.41) is 4.00. The number of aryl methyl sites for hydroxylation is 1. The van der Waals surface area contributed by atoms with Gasteiger partial charge in [0.2, 0.25) is 11.8 Å². The van der Waals surface area contributed by atoms with Crippen LogP contribution in [-0.4, -0.2) is 34.2 Å². The van der Waals surface area contributed by atoms with E-state index >= 15 is 0 Å². The zero-order valence-electron chi connectivity index (χ0n) is 18.6. The highest BCUT2D eigenvalue weighted by atomic mass is 35.5. The summed E-state index contributed by atoms with van der Waals surface area (Å²) in [4.78, 5) is 31.7. The molecule has 4 rings (SSSR count). The van der Waals surface area contributed by atoms with Gasteiger partial charge >= 0.3 is 0 Å². The number of amides is 2. The van der Waals surface area contributed by atoms with Gasteiger partial charge in [-0.1, -0.05) is 41.6 Å². The Kier molecular flexibility index (Phi) is 7.19. The molecule has 0 radical (unpaired) electrons. The minimum absolute atomic E-state index is 0.0246. The number of benzene rings is 3. The van der Waals surface area contributed by atoms with E-state index in [0.717, 1.165) is 16.6 Å². The summed E-state index contributed by atoms with van der Waals surface area (Å²) in [6, 6.07) is 18.5. The van der Waals surface area contributed by atoms with E-state index in [2.05, 4.69) is 10.3 Å². The third-order valence-corrected chi connectivity index (χ3v) is 6.50. The van der Waals surface area contributed by atoms with Crippen LogP contribution < -0.4 is 10.2 Å². The molecule has 0 bridgehead atoms. The molecule has 3 aromatic carbocycles. The number of para-hydroxylation sites is 2. The molecule has 0 saturated heterocycles. The van der Waals surface area contributed by atoms with Gasteiger partial charge < -0.3 is 14.8 Å². The highest BCUT2D eigenvalue weighted by molar-refractivity contribution is 7.99. The molecule has 1 aromatic heterocycles. The van der Waals surface area contributed by atoms with E-state index < -0.39 is 0 Å². The predicted molar refractivity (Wildman–Crippen MR) is 135 cm³/mol. The summed E-state index contributed by atoms with van der Waals surface area (Å²) in [6.45, 7) is 1.92. The third kappa shape index (κ3) is 5.40. The van der Waals surface area contributed by atoms with Gasteiger partial charge in [-0.15, -0.1) is 0 Å². The zero-order chi connectivity index (χ0) is 24.2. The predicted octanol–water partition coefficient (Wildman–Crippen LogP) is 5.53. The van der Waals surface area contributed by atoms with Gasteiger partial charge in [0.15, 0.2) is 5.16 Å². The number of aromatic nitrogens is 2. The van der Waals surface area contributed by atoms with E-state index in [0.29, 0.717) is 21.6 Å². The summed E-state index contributed by atoms with van der Waals surface area (Å²) in [6.07, 6.45) is 0. The second-order valence-electron chi connectivity index (χ2n) is 7.69. The molecule has 174 valence electrons. The second kappa shape index (κ2) is 10.3. The molecule has 34 heavy (non-hydrogen) atoms. The number of imidazole rings is 1. The number of thioether (sulfide) groups is 1. The monoisotopic (exact) mass is 496 g/mol. The molecule has 0 aliphatic carbocycles. The summed E-state index contributed by atoms with van der Waals surface area (Å²) >= 11 is 7.32. The number of nitrogens with one attached hydrogen (secondary N) is 1. The van der Waals surface area contributed by atoms with Gasteiger partial charge in [-0.2, -0.15) is 0 Å². The molecule has 6 nitrogen and oxygen atoms in total. The van der Waals surface area contributed by atoms with Crippen LogP contribution in [0.3, 0.4) is 0 Å². The van der Waals surface area contributed by atoms with E-state index in [9.17, 15) is 14.0 Å². The average Bonchev–Trinajstić information content (AvgIpc) is 3.17. The standard InChI is InChI=1S/C25H22ClFN4O2S/c1-16-7-8-17(26)13-21(16)28-23(32)14-31-22-6-4-3-5-20(22)29-25(31)34-15-24(33)30(2)19-11-9-18(27)10-12-19/h3-13H,14-15H2,1-2H3,(H,28,32). The number of nitrogens with zero attached hydrogens (tertiary/aromatic N) is 3. The minimum Gasteiger partial charge on any atom is -0.324 e. The van der Waals surface area contributed by atoms with Crippen LogP contribution in [0.4, 0.5) is 15.8 Å². The van der Waals surface area contributed by atoms with Gasteiger partial charge in [-0.05, 0) is 61.0 Å². The average molecular weight is 497 g/mol. The molecule has 0 unspecified atom stereocenters. The van der Waals surface area contributed by atoms with Crippen molar-refractivity contribution in [1.82, 2.24) is 9.55 Å². The molecule has 1 N–H and O–H groups in total. The van der Waals surface area contributed by atoms with Crippen molar-refractivity contribution in [3.8, 4) is 0 Å². The summed E-state index contributed by atoms with van der Waals surface area (Å²) in [5.41, 5.74) is 3.67. The van der Waals surface area contributed by atoms with Gasteiger partial charge in [0, 0.05) is 23.4 Å². The normalized spacial score (nSPS) is 10.9. The molecule has 9 heteroatoms. The number of fused-ring (bicyclic) bond motifs is 1. The van der Waals surface area contributed by atoms with Crippen LogP contribution >= 0.6 is 23.4 Å². The summed E-state index contributed by atoms with van der Waals surface area (Å²) in [5.74, 6) is -0.662. The lowest BCUT2D eigenvalue weighted by Crippen LogP contribution is -2.28. The fourth-order valence-electron chi connectivity index (χ4n) is 3.41. The van der Waals surface area contributed by atoms with Gasteiger partial charge in [-0.25, -0.2) is 9.37 Å². The van der Waals surface area contributed by atoms with E-state index in [1.54, 1.807) is 35.9 Å². The van der Waals surface area contributed by atoms with Gasteiger partial charge in [-0.3, -0.25) is 9.59 Å². The number of halogens is 2. The van der Waals surface area contributed by atoms with Crippen molar-refractivity contribution < 1.29 is 14.0 Å². The fourth-order valence-corrected chi connectivity index (χ4v) is 4.51. The second-order valence-corrected chi connectivity index (χ2v) is 9.07. The first kappa shape index (κ1) is 23.8. The van der Waals surface area contributed by atoms with Crippen molar-refractivity contribution >= 4 is 57.6 Å². The quantitative estimate of drug-likeness (QED) is 0.341. The van der Waals surface area contributed by atoms with E-state index in [1.165, 1.54) is 28.8 Å². The maximum absolute atomic E-state index is 13.2. The molecular weight excluding hydrogens is 475 g/mol. The zero-order valence-corrected chi connectivity index (χ0v) is 20.2. The van der Waals surface area contributed by atoms with Crippen LogP contribution in [0.25, 0.3) is 11.0 Å². The lowest BCUT2D eigenvalue weighted by Gasteiger charge is -2.17. The molecule has 0 spiro atoms.